The van der Waals surface area contributed by atoms with Gasteiger partial charge in [0.2, 0.25) is 5.91 Å². The number of rotatable bonds is 9. The summed E-state index contributed by atoms with van der Waals surface area (Å²) in [6.45, 7) is 8.52. The number of anilines is 1. The number of unbranched alkanes of at least 4 members (excludes halogenated alkanes) is 4. The van der Waals surface area contributed by atoms with Crippen molar-refractivity contribution in [3.63, 3.8) is 0 Å². The zero-order valence-electron chi connectivity index (χ0n) is 19.6. The molecule has 2 aromatic rings. The first kappa shape index (κ1) is 25.1. The second-order valence-electron chi connectivity index (χ2n) is 9.03. The standard InChI is InChI=1S/C26H35N3O3/c1-5-6-7-8-9-10-23(30)28-29-25(32)20-13-17-22(18-14-20)27-24(31)19-11-15-21(16-12-19)26(2,3)4/h11-18H,5-10H2,1-4H3,(H,27,31)(H,28,30)(H,29,32). The zero-order valence-corrected chi connectivity index (χ0v) is 19.6. The molecule has 0 aromatic heterocycles. The normalized spacial score (nSPS) is 11.0. The van der Waals surface area contributed by atoms with Crippen LogP contribution in [-0.2, 0) is 10.2 Å². The number of amides is 3. The Kier molecular flexibility index (Phi) is 9.44. The molecule has 3 N–H and O–H groups in total. The van der Waals surface area contributed by atoms with Crippen molar-refractivity contribution in [2.45, 2.75) is 71.6 Å². The highest BCUT2D eigenvalue weighted by atomic mass is 16.2. The van der Waals surface area contributed by atoms with Gasteiger partial charge in [-0.15, -0.1) is 0 Å². The molecule has 0 spiro atoms. The lowest BCUT2D eigenvalue weighted by molar-refractivity contribution is -0.122. The van der Waals surface area contributed by atoms with Crippen LogP contribution >= 0.6 is 0 Å². The lowest BCUT2D eigenvalue weighted by Crippen LogP contribution is -2.41. The number of hydrogen-bond acceptors (Lipinski definition) is 3. The molecule has 2 aromatic carbocycles. The number of hydrogen-bond donors (Lipinski definition) is 3. The Bertz CT molecular complexity index is 897. The average molecular weight is 438 g/mol. The van der Waals surface area contributed by atoms with Gasteiger partial charge >= 0.3 is 0 Å². The summed E-state index contributed by atoms with van der Waals surface area (Å²) in [5, 5.41) is 2.83. The summed E-state index contributed by atoms with van der Waals surface area (Å²) in [5.41, 5.74) is 7.61. The first-order valence-corrected chi connectivity index (χ1v) is 11.3. The smallest absolute Gasteiger partial charge is 0.269 e. The van der Waals surface area contributed by atoms with Crippen LogP contribution in [0.2, 0.25) is 0 Å². The summed E-state index contributed by atoms with van der Waals surface area (Å²) in [4.78, 5) is 36.5. The predicted molar refractivity (Wildman–Crippen MR) is 129 cm³/mol. The molecule has 6 nitrogen and oxygen atoms in total. The van der Waals surface area contributed by atoms with Crippen LogP contribution in [-0.4, -0.2) is 17.7 Å². The monoisotopic (exact) mass is 437 g/mol. The highest BCUT2D eigenvalue weighted by molar-refractivity contribution is 6.04. The maximum atomic E-state index is 12.5. The lowest BCUT2D eigenvalue weighted by atomic mass is 9.87. The third kappa shape index (κ3) is 8.17. The summed E-state index contributed by atoms with van der Waals surface area (Å²) in [7, 11) is 0. The van der Waals surface area contributed by atoms with Gasteiger partial charge in [-0.25, -0.2) is 0 Å². The van der Waals surface area contributed by atoms with Gasteiger partial charge in [-0.1, -0.05) is 65.5 Å². The van der Waals surface area contributed by atoms with Gasteiger partial charge in [0.1, 0.15) is 0 Å². The van der Waals surface area contributed by atoms with Crippen LogP contribution in [0.1, 0.15) is 92.5 Å². The summed E-state index contributed by atoms with van der Waals surface area (Å²) in [6.07, 6.45) is 5.69. The minimum atomic E-state index is -0.403. The maximum absolute atomic E-state index is 12.5. The number of carbonyl (C=O) groups is 3. The molecular weight excluding hydrogens is 402 g/mol. The van der Waals surface area contributed by atoms with E-state index in [1.54, 1.807) is 24.3 Å². The fourth-order valence-electron chi connectivity index (χ4n) is 3.18. The van der Waals surface area contributed by atoms with Gasteiger partial charge in [0.05, 0.1) is 0 Å². The van der Waals surface area contributed by atoms with Crippen molar-refractivity contribution in [1.82, 2.24) is 10.9 Å². The van der Waals surface area contributed by atoms with E-state index in [4.69, 9.17) is 0 Å². The molecule has 6 heteroatoms. The van der Waals surface area contributed by atoms with Gasteiger partial charge in [-0.2, -0.15) is 0 Å². The molecule has 0 aliphatic heterocycles. The maximum Gasteiger partial charge on any atom is 0.269 e. The highest BCUT2D eigenvalue weighted by Crippen LogP contribution is 2.22. The third-order valence-corrected chi connectivity index (χ3v) is 5.24. The molecule has 0 unspecified atom stereocenters. The van der Waals surface area contributed by atoms with Crippen molar-refractivity contribution in [2.24, 2.45) is 0 Å². The summed E-state index contributed by atoms with van der Waals surface area (Å²) in [5.74, 6) is -0.815. The molecule has 3 amide bonds. The molecule has 0 atom stereocenters. The van der Waals surface area contributed by atoms with Crippen LogP contribution in [0.4, 0.5) is 5.69 Å². The molecule has 0 bridgehead atoms. The second-order valence-corrected chi connectivity index (χ2v) is 9.03. The van der Waals surface area contributed by atoms with E-state index in [9.17, 15) is 14.4 Å². The van der Waals surface area contributed by atoms with E-state index in [2.05, 4.69) is 43.9 Å². The van der Waals surface area contributed by atoms with E-state index in [-0.39, 0.29) is 17.2 Å². The number of hydrazine groups is 1. The number of benzene rings is 2. The highest BCUT2D eigenvalue weighted by Gasteiger charge is 2.14. The van der Waals surface area contributed by atoms with E-state index in [1.807, 2.05) is 24.3 Å². The minimum absolute atomic E-state index is 0.0273. The van der Waals surface area contributed by atoms with Gasteiger partial charge in [-0.3, -0.25) is 25.2 Å². The number of carbonyl (C=O) groups excluding carboxylic acids is 3. The molecule has 0 saturated carbocycles. The Morgan fingerprint density at radius 1 is 0.719 bits per heavy atom. The quantitative estimate of drug-likeness (QED) is 0.365. The van der Waals surface area contributed by atoms with Gasteiger partial charge in [0.15, 0.2) is 0 Å². The van der Waals surface area contributed by atoms with Gasteiger partial charge in [0.25, 0.3) is 11.8 Å². The largest absolute Gasteiger partial charge is 0.322 e. The molecule has 172 valence electrons. The van der Waals surface area contributed by atoms with Crippen LogP contribution in [0.3, 0.4) is 0 Å². The third-order valence-electron chi connectivity index (χ3n) is 5.24. The SMILES string of the molecule is CCCCCCCC(=O)NNC(=O)c1ccc(NC(=O)c2ccc(C(C)(C)C)cc2)cc1. The first-order valence-electron chi connectivity index (χ1n) is 11.3. The van der Waals surface area contributed by atoms with Crippen LogP contribution in [0.15, 0.2) is 48.5 Å². The Labute approximate surface area is 191 Å². The second kappa shape index (κ2) is 12.0. The fraction of sp³-hybridized carbons (Fsp3) is 0.423. The van der Waals surface area contributed by atoms with E-state index < -0.39 is 5.91 Å². The molecule has 0 saturated heterocycles. The molecule has 2 rings (SSSR count). The average Bonchev–Trinajstić information content (AvgIpc) is 2.77. The molecule has 0 aliphatic carbocycles. The van der Waals surface area contributed by atoms with Crippen LogP contribution in [0.5, 0.6) is 0 Å². The van der Waals surface area contributed by atoms with E-state index in [0.29, 0.717) is 23.2 Å². The minimum Gasteiger partial charge on any atom is -0.322 e. The molecule has 0 radical (unpaired) electrons. The fourth-order valence-corrected chi connectivity index (χ4v) is 3.18. The van der Waals surface area contributed by atoms with Gasteiger partial charge in [0, 0.05) is 23.2 Å². The van der Waals surface area contributed by atoms with Crippen molar-refractivity contribution in [3.8, 4) is 0 Å². The molecule has 0 heterocycles. The van der Waals surface area contributed by atoms with Gasteiger partial charge < -0.3 is 5.32 Å². The molecular formula is C26H35N3O3. The molecule has 32 heavy (non-hydrogen) atoms. The Balaban J connectivity index is 1.81. The first-order chi connectivity index (χ1) is 15.2. The predicted octanol–water partition coefficient (Wildman–Crippen LogP) is 5.36. The summed E-state index contributed by atoms with van der Waals surface area (Å²) >= 11 is 0. The molecule has 0 aliphatic rings. The lowest BCUT2D eigenvalue weighted by Gasteiger charge is -2.19. The molecule has 0 fully saturated rings. The zero-order chi connectivity index (χ0) is 23.6. The van der Waals surface area contributed by atoms with Crippen LogP contribution < -0.4 is 16.2 Å². The van der Waals surface area contributed by atoms with Crippen LogP contribution in [0.25, 0.3) is 0 Å². The van der Waals surface area contributed by atoms with Crippen molar-refractivity contribution in [3.05, 3.63) is 65.2 Å². The van der Waals surface area contributed by atoms with Crippen molar-refractivity contribution < 1.29 is 14.4 Å². The van der Waals surface area contributed by atoms with E-state index in [0.717, 1.165) is 31.2 Å². The summed E-state index contributed by atoms with van der Waals surface area (Å²) in [6, 6.07) is 14.1. The summed E-state index contributed by atoms with van der Waals surface area (Å²) < 4.78 is 0. The van der Waals surface area contributed by atoms with Crippen molar-refractivity contribution in [1.29, 1.82) is 0 Å². The van der Waals surface area contributed by atoms with Crippen molar-refractivity contribution in [2.75, 3.05) is 5.32 Å². The Morgan fingerprint density at radius 3 is 1.88 bits per heavy atom. The van der Waals surface area contributed by atoms with Crippen LogP contribution in [0, 0.1) is 0 Å². The number of nitrogens with one attached hydrogen (secondary N) is 3. The van der Waals surface area contributed by atoms with Gasteiger partial charge in [-0.05, 0) is 53.8 Å². The van der Waals surface area contributed by atoms with E-state index >= 15 is 0 Å². The van der Waals surface area contributed by atoms with E-state index in [1.165, 1.54) is 6.42 Å². The Hall–Kier alpha value is -3.15. The Morgan fingerprint density at radius 2 is 1.28 bits per heavy atom. The van der Waals surface area contributed by atoms with Crippen molar-refractivity contribution >= 4 is 23.4 Å². The topological polar surface area (TPSA) is 87.3 Å².